The molecule has 0 bridgehead atoms. The van der Waals surface area contributed by atoms with Crippen molar-refractivity contribution in [3.63, 3.8) is 0 Å². The maximum atomic E-state index is 11.1. The highest BCUT2D eigenvalue weighted by Gasteiger charge is 2.30. The first kappa shape index (κ1) is 12.6. The number of rotatable bonds is 3. The summed E-state index contributed by atoms with van der Waals surface area (Å²) < 4.78 is 1.06. The summed E-state index contributed by atoms with van der Waals surface area (Å²) in [6, 6.07) is 5.84. The van der Waals surface area contributed by atoms with Gasteiger partial charge in [-0.2, -0.15) is 0 Å². The van der Waals surface area contributed by atoms with Crippen LogP contribution in [0.1, 0.15) is 24.0 Å². The van der Waals surface area contributed by atoms with E-state index in [4.69, 9.17) is 5.11 Å². The lowest BCUT2D eigenvalue weighted by molar-refractivity contribution is -0.142. The number of hydrogen-bond acceptors (Lipinski definition) is 2. The fraction of sp³-hybridized carbons (Fsp3) is 0.462. The molecule has 17 heavy (non-hydrogen) atoms. The maximum absolute atomic E-state index is 11.1. The van der Waals surface area contributed by atoms with Crippen LogP contribution >= 0.6 is 15.9 Å². The molecule has 3 nitrogen and oxygen atoms in total. The molecule has 1 atom stereocenters. The van der Waals surface area contributed by atoms with Gasteiger partial charge >= 0.3 is 5.97 Å². The number of likely N-dealkylation sites (tertiary alicyclic amines) is 1. The second-order valence-corrected chi connectivity index (χ2v) is 5.45. The molecule has 4 heteroatoms. The lowest BCUT2D eigenvalue weighted by Gasteiger charge is -2.22. The monoisotopic (exact) mass is 297 g/mol. The van der Waals surface area contributed by atoms with Gasteiger partial charge < -0.3 is 5.11 Å². The van der Waals surface area contributed by atoms with Gasteiger partial charge in [-0.15, -0.1) is 0 Å². The molecule has 1 aromatic rings. The molecule has 1 heterocycles. The van der Waals surface area contributed by atoms with Crippen LogP contribution in [0.4, 0.5) is 0 Å². The molecule has 0 aliphatic carbocycles. The van der Waals surface area contributed by atoms with Crippen molar-refractivity contribution in [3.05, 3.63) is 33.8 Å². The molecule has 1 aromatic carbocycles. The lowest BCUT2D eigenvalue weighted by atomic mass is 10.1. The first-order valence-electron chi connectivity index (χ1n) is 5.80. The molecule has 2 rings (SSSR count). The number of nitrogens with zero attached hydrogens (tertiary/aromatic N) is 1. The molecule has 1 unspecified atom stereocenters. The Balaban J connectivity index is 2.12. The van der Waals surface area contributed by atoms with E-state index in [2.05, 4.69) is 39.9 Å². The van der Waals surface area contributed by atoms with Crippen molar-refractivity contribution in [2.75, 3.05) is 6.54 Å². The van der Waals surface area contributed by atoms with E-state index in [0.717, 1.165) is 30.4 Å². The molecule has 1 fully saturated rings. The second kappa shape index (κ2) is 5.19. The third kappa shape index (κ3) is 2.87. The van der Waals surface area contributed by atoms with Gasteiger partial charge in [-0.05, 0) is 49.6 Å². The summed E-state index contributed by atoms with van der Waals surface area (Å²) in [4.78, 5) is 13.1. The van der Waals surface area contributed by atoms with Gasteiger partial charge in [0.25, 0.3) is 0 Å². The Bertz CT molecular complexity index is 433. The Morgan fingerprint density at radius 2 is 2.35 bits per heavy atom. The molecule has 0 aromatic heterocycles. The second-order valence-electron chi connectivity index (χ2n) is 4.54. The number of aliphatic carboxylic acids is 1. The van der Waals surface area contributed by atoms with Gasteiger partial charge in [0.2, 0.25) is 0 Å². The topological polar surface area (TPSA) is 40.5 Å². The molecular weight excluding hydrogens is 282 g/mol. The van der Waals surface area contributed by atoms with Crippen molar-refractivity contribution in [1.82, 2.24) is 4.90 Å². The fourth-order valence-electron chi connectivity index (χ4n) is 2.35. The van der Waals surface area contributed by atoms with Crippen molar-refractivity contribution < 1.29 is 9.90 Å². The van der Waals surface area contributed by atoms with Crippen molar-refractivity contribution in [3.8, 4) is 0 Å². The SMILES string of the molecule is Cc1cc(Br)ccc1CN1CCCC1C(=O)O. The van der Waals surface area contributed by atoms with Gasteiger partial charge in [0, 0.05) is 11.0 Å². The molecule has 0 saturated carbocycles. The lowest BCUT2D eigenvalue weighted by Crippen LogP contribution is -2.35. The molecule has 1 saturated heterocycles. The summed E-state index contributed by atoms with van der Waals surface area (Å²) in [6.07, 6.45) is 1.75. The predicted molar refractivity (Wildman–Crippen MR) is 69.9 cm³/mol. The number of carbonyl (C=O) groups is 1. The summed E-state index contributed by atoms with van der Waals surface area (Å²) >= 11 is 3.44. The minimum atomic E-state index is -0.697. The predicted octanol–water partition coefficient (Wildman–Crippen LogP) is 2.81. The van der Waals surface area contributed by atoms with Crippen LogP contribution in [0.2, 0.25) is 0 Å². The summed E-state index contributed by atoms with van der Waals surface area (Å²) in [5, 5.41) is 9.13. The maximum Gasteiger partial charge on any atom is 0.320 e. The Labute approximate surface area is 110 Å². The highest BCUT2D eigenvalue weighted by molar-refractivity contribution is 9.10. The van der Waals surface area contributed by atoms with E-state index in [-0.39, 0.29) is 6.04 Å². The molecular formula is C13H16BrNO2. The molecule has 0 radical (unpaired) electrons. The standard InChI is InChI=1S/C13H16BrNO2/c1-9-7-11(14)5-4-10(9)8-15-6-2-3-12(15)13(16)17/h4-5,7,12H,2-3,6,8H2,1H3,(H,16,17). The van der Waals surface area contributed by atoms with Gasteiger partial charge in [0.15, 0.2) is 0 Å². The molecule has 0 amide bonds. The van der Waals surface area contributed by atoms with Crippen LogP contribution in [0.5, 0.6) is 0 Å². The Morgan fingerprint density at radius 3 is 3.00 bits per heavy atom. The van der Waals surface area contributed by atoms with E-state index >= 15 is 0 Å². The van der Waals surface area contributed by atoms with Gasteiger partial charge in [-0.25, -0.2) is 0 Å². The zero-order chi connectivity index (χ0) is 12.4. The van der Waals surface area contributed by atoms with Gasteiger partial charge in [0.1, 0.15) is 6.04 Å². The van der Waals surface area contributed by atoms with Crippen LogP contribution in [-0.4, -0.2) is 28.6 Å². The average Bonchev–Trinajstić information content (AvgIpc) is 2.70. The van der Waals surface area contributed by atoms with E-state index in [1.54, 1.807) is 0 Å². The summed E-state index contributed by atoms with van der Waals surface area (Å²) in [7, 11) is 0. The first-order valence-corrected chi connectivity index (χ1v) is 6.59. The van der Waals surface area contributed by atoms with Gasteiger partial charge in [0.05, 0.1) is 0 Å². The minimum Gasteiger partial charge on any atom is -0.480 e. The normalized spacial score (nSPS) is 20.7. The molecule has 1 N–H and O–H groups in total. The van der Waals surface area contributed by atoms with Crippen molar-refractivity contribution >= 4 is 21.9 Å². The number of carboxylic acids is 1. The molecule has 1 aliphatic rings. The van der Waals surface area contributed by atoms with Crippen LogP contribution in [0.25, 0.3) is 0 Å². The first-order chi connectivity index (χ1) is 8.08. The summed E-state index contributed by atoms with van der Waals surface area (Å²) in [5.41, 5.74) is 2.41. The Morgan fingerprint density at radius 1 is 1.59 bits per heavy atom. The van der Waals surface area contributed by atoms with Crippen molar-refractivity contribution in [1.29, 1.82) is 0 Å². The minimum absolute atomic E-state index is 0.307. The summed E-state index contributed by atoms with van der Waals surface area (Å²) in [6.45, 7) is 3.68. The van der Waals surface area contributed by atoms with E-state index in [9.17, 15) is 4.79 Å². The fourth-order valence-corrected chi connectivity index (χ4v) is 2.83. The van der Waals surface area contributed by atoms with Crippen LogP contribution in [-0.2, 0) is 11.3 Å². The highest BCUT2D eigenvalue weighted by atomic mass is 79.9. The van der Waals surface area contributed by atoms with E-state index < -0.39 is 5.97 Å². The smallest absolute Gasteiger partial charge is 0.320 e. The van der Waals surface area contributed by atoms with Crippen LogP contribution in [0.15, 0.2) is 22.7 Å². The molecule has 0 spiro atoms. The van der Waals surface area contributed by atoms with E-state index in [1.807, 2.05) is 6.07 Å². The zero-order valence-corrected chi connectivity index (χ0v) is 11.4. The number of aryl methyl sites for hydroxylation is 1. The third-order valence-electron chi connectivity index (χ3n) is 3.33. The third-order valence-corrected chi connectivity index (χ3v) is 3.82. The van der Waals surface area contributed by atoms with Crippen LogP contribution in [0.3, 0.4) is 0 Å². The average molecular weight is 298 g/mol. The Kier molecular flexibility index (Phi) is 3.84. The van der Waals surface area contributed by atoms with Gasteiger partial charge in [-0.3, -0.25) is 9.69 Å². The van der Waals surface area contributed by atoms with Crippen molar-refractivity contribution in [2.24, 2.45) is 0 Å². The van der Waals surface area contributed by atoms with Gasteiger partial charge in [-0.1, -0.05) is 22.0 Å². The Hall–Kier alpha value is -0.870. The van der Waals surface area contributed by atoms with Crippen LogP contribution < -0.4 is 0 Å². The zero-order valence-electron chi connectivity index (χ0n) is 9.82. The molecule has 1 aliphatic heterocycles. The number of hydrogen-bond donors (Lipinski definition) is 1. The largest absolute Gasteiger partial charge is 0.480 e. The number of halogens is 1. The summed E-state index contributed by atoms with van der Waals surface area (Å²) in [5.74, 6) is -0.697. The van der Waals surface area contributed by atoms with Crippen molar-refractivity contribution in [2.45, 2.75) is 32.4 Å². The highest BCUT2D eigenvalue weighted by Crippen LogP contribution is 2.23. The molecule has 92 valence electrons. The van der Waals surface area contributed by atoms with E-state index in [1.165, 1.54) is 11.1 Å². The van der Waals surface area contributed by atoms with Crippen LogP contribution in [0, 0.1) is 6.92 Å². The van der Waals surface area contributed by atoms with E-state index in [0.29, 0.717) is 0 Å². The number of carboxylic acid groups (broad SMARTS) is 1. The number of benzene rings is 1. The quantitative estimate of drug-likeness (QED) is 0.933.